The first-order valence-corrected chi connectivity index (χ1v) is 10.5. The number of amides is 1. The normalized spacial score (nSPS) is 14.6. The van der Waals surface area contributed by atoms with Crippen molar-refractivity contribution in [2.75, 3.05) is 50.1 Å². The third-order valence-corrected chi connectivity index (χ3v) is 5.44. The van der Waals surface area contributed by atoms with Gasteiger partial charge in [-0.25, -0.2) is 4.98 Å². The Hall–Kier alpha value is -3.12. The van der Waals surface area contributed by atoms with Gasteiger partial charge < -0.3 is 19.9 Å². The zero-order chi connectivity index (χ0) is 20.8. The molecule has 1 saturated heterocycles. The van der Waals surface area contributed by atoms with Crippen molar-refractivity contribution in [3.63, 3.8) is 0 Å². The molecular weight excluding hydrogens is 376 g/mol. The van der Waals surface area contributed by atoms with Crippen LogP contribution >= 0.6 is 0 Å². The van der Waals surface area contributed by atoms with Gasteiger partial charge in [0.15, 0.2) is 0 Å². The number of fused-ring (bicyclic) bond motifs is 1. The van der Waals surface area contributed by atoms with Gasteiger partial charge in [0.25, 0.3) is 0 Å². The number of pyridine rings is 1. The second-order valence-corrected chi connectivity index (χ2v) is 7.67. The lowest BCUT2D eigenvalue weighted by Gasteiger charge is -2.33. The maximum atomic E-state index is 12.2. The maximum absolute atomic E-state index is 12.2. The topological polar surface area (TPSA) is 57.7 Å². The van der Waals surface area contributed by atoms with E-state index in [-0.39, 0.29) is 5.91 Å². The Kier molecular flexibility index (Phi) is 6.44. The molecule has 6 nitrogen and oxygen atoms in total. The molecule has 1 aliphatic rings. The molecule has 2 heterocycles. The fourth-order valence-corrected chi connectivity index (χ4v) is 3.65. The zero-order valence-corrected chi connectivity index (χ0v) is 17.4. The molecule has 1 aromatic heterocycles. The number of piperazine rings is 1. The van der Waals surface area contributed by atoms with Crippen LogP contribution < -0.4 is 15.0 Å². The average molecular weight is 405 g/mol. The predicted octanol–water partition coefficient (Wildman–Crippen LogP) is 3.78. The van der Waals surface area contributed by atoms with Crippen molar-refractivity contribution >= 4 is 28.2 Å². The van der Waals surface area contributed by atoms with E-state index in [1.165, 1.54) is 0 Å². The van der Waals surface area contributed by atoms with Crippen molar-refractivity contribution in [2.45, 2.75) is 12.8 Å². The highest BCUT2D eigenvalue weighted by molar-refractivity contribution is 5.90. The van der Waals surface area contributed by atoms with E-state index in [9.17, 15) is 4.79 Å². The first-order valence-electron chi connectivity index (χ1n) is 10.5. The van der Waals surface area contributed by atoms with Crippen LogP contribution in [0.25, 0.3) is 10.8 Å². The molecular formula is C24H28N4O2. The van der Waals surface area contributed by atoms with Gasteiger partial charge in [-0.3, -0.25) is 4.79 Å². The summed E-state index contributed by atoms with van der Waals surface area (Å²) in [5, 5.41) is 5.12. The van der Waals surface area contributed by atoms with Crippen molar-refractivity contribution < 1.29 is 9.53 Å². The fraction of sp³-hybridized carbons (Fsp3) is 0.333. The SMILES string of the molecule is CN1CCN(c2ccc(NC(=O)CCCOc3cccc4ccccc34)nc2)CC1. The van der Waals surface area contributed by atoms with E-state index in [1.54, 1.807) is 0 Å². The Morgan fingerprint density at radius 3 is 2.63 bits per heavy atom. The van der Waals surface area contributed by atoms with E-state index in [0.29, 0.717) is 25.3 Å². The third kappa shape index (κ3) is 5.07. The van der Waals surface area contributed by atoms with Gasteiger partial charge in [0.1, 0.15) is 11.6 Å². The second-order valence-electron chi connectivity index (χ2n) is 7.67. The number of hydrogen-bond acceptors (Lipinski definition) is 5. The Bertz CT molecular complexity index is 977. The average Bonchev–Trinajstić information content (AvgIpc) is 2.78. The first-order chi connectivity index (χ1) is 14.7. The minimum atomic E-state index is -0.0450. The molecule has 0 unspecified atom stereocenters. The van der Waals surface area contributed by atoms with Crippen LogP contribution in [0.2, 0.25) is 0 Å². The Labute approximate surface area is 177 Å². The summed E-state index contributed by atoms with van der Waals surface area (Å²) in [6, 6.07) is 18.1. The number of aromatic nitrogens is 1. The molecule has 6 heteroatoms. The lowest BCUT2D eigenvalue weighted by Crippen LogP contribution is -2.44. The van der Waals surface area contributed by atoms with Crippen LogP contribution in [0, 0.1) is 0 Å². The van der Waals surface area contributed by atoms with Crippen molar-refractivity contribution in [3.8, 4) is 5.75 Å². The lowest BCUT2D eigenvalue weighted by atomic mass is 10.1. The summed E-state index contributed by atoms with van der Waals surface area (Å²) in [4.78, 5) is 21.3. The smallest absolute Gasteiger partial charge is 0.225 e. The highest BCUT2D eigenvalue weighted by atomic mass is 16.5. The summed E-state index contributed by atoms with van der Waals surface area (Å²) >= 11 is 0. The first kappa shape index (κ1) is 20.2. The molecule has 1 amide bonds. The van der Waals surface area contributed by atoms with Gasteiger partial charge in [-0.05, 0) is 37.1 Å². The number of nitrogens with one attached hydrogen (secondary N) is 1. The fourth-order valence-electron chi connectivity index (χ4n) is 3.65. The molecule has 4 rings (SSSR count). The molecule has 0 bridgehead atoms. The second kappa shape index (κ2) is 9.59. The van der Waals surface area contributed by atoms with Gasteiger partial charge in [-0.1, -0.05) is 36.4 Å². The van der Waals surface area contributed by atoms with Crippen LogP contribution in [-0.4, -0.2) is 55.6 Å². The third-order valence-electron chi connectivity index (χ3n) is 5.44. The zero-order valence-electron chi connectivity index (χ0n) is 17.4. The Morgan fingerprint density at radius 1 is 1.03 bits per heavy atom. The molecule has 30 heavy (non-hydrogen) atoms. The molecule has 1 N–H and O–H groups in total. The van der Waals surface area contributed by atoms with Crippen LogP contribution in [0.1, 0.15) is 12.8 Å². The number of anilines is 2. The molecule has 0 aliphatic carbocycles. The van der Waals surface area contributed by atoms with Crippen LogP contribution in [0.4, 0.5) is 11.5 Å². The van der Waals surface area contributed by atoms with Crippen molar-refractivity contribution in [1.82, 2.24) is 9.88 Å². The van der Waals surface area contributed by atoms with Gasteiger partial charge >= 0.3 is 0 Å². The molecule has 1 fully saturated rings. The Morgan fingerprint density at radius 2 is 1.83 bits per heavy atom. The molecule has 156 valence electrons. The summed E-state index contributed by atoms with van der Waals surface area (Å²) in [6.07, 6.45) is 2.88. The van der Waals surface area contributed by atoms with Crippen LogP contribution in [0.5, 0.6) is 5.75 Å². The number of rotatable bonds is 7. The minimum Gasteiger partial charge on any atom is -0.493 e. The number of benzene rings is 2. The highest BCUT2D eigenvalue weighted by Gasteiger charge is 2.14. The van der Waals surface area contributed by atoms with Gasteiger partial charge in [-0.2, -0.15) is 0 Å². The standard InChI is InChI=1S/C24H28N4O2/c1-27-13-15-28(16-14-27)20-11-12-23(25-18-20)26-24(29)10-5-17-30-22-9-4-7-19-6-2-3-8-21(19)22/h2-4,6-9,11-12,18H,5,10,13-17H2,1H3,(H,25,26,29). The summed E-state index contributed by atoms with van der Waals surface area (Å²) in [5.74, 6) is 1.40. The number of likely N-dealkylation sites (N-methyl/N-ethyl adjacent to an activating group) is 1. The summed E-state index contributed by atoms with van der Waals surface area (Å²) < 4.78 is 5.91. The van der Waals surface area contributed by atoms with Crippen molar-refractivity contribution in [3.05, 3.63) is 60.8 Å². The highest BCUT2D eigenvalue weighted by Crippen LogP contribution is 2.25. The molecule has 3 aromatic rings. The monoisotopic (exact) mass is 404 g/mol. The molecule has 0 saturated carbocycles. The molecule has 0 spiro atoms. The van der Waals surface area contributed by atoms with Gasteiger partial charge in [-0.15, -0.1) is 0 Å². The molecule has 1 aliphatic heterocycles. The Balaban J connectivity index is 1.22. The summed E-state index contributed by atoms with van der Waals surface area (Å²) in [5.41, 5.74) is 1.10. The van der Waals surface area contributed by atoms with E-state index >= 15 is 0 Å². The van der Waals surface area contributed by atoms with E-state index in [2.05, 4.69) is 45.3 Å². The van der Waals surface area contributed by atoms with Gasteiger partial charge in [0.2, 0.25) is 5.91 Å². The van der Waals surface area contributed by atoms with Crippen molar-refractivity contribution in [1.29, 1.82) is 0 Å². The number of carbonyl (C=O) groups excluding carboxylic acids is 1. The predicted molar refractivity (Wildman–Crippen MR) is 121 cm³/mol. The van der Waals surface area contributed by atoms with E-state index in [0.717, 1.165) is 48.4 Å². The largest absolute Gasteiger partial charge is 0.493 e. The summed E-state index contributed by atoms with van der Waals surface area (Å²) in [6.45, 7) is 4.61. The molecule has 0 radical (unpaired) electrons. The minimum absolute atomic E-state index is 0.0450. The van der Waals surface area contributed by atoms with Gasteiger partial charge in [0.05, 0.1) is 18.5 Å². The maximum Gasteiger partial charge on any atom is 0.225 e. The lowest BCUT2D eigenvalue weighted by molar-refractivity contribution is -0.116. The number of ether oxygens (including phenoxy) is 1. The summed E-state index contributed by atoms with van der Waals surface area (Å²) in [7, 11) is 2.14. The van der Waals surface area contributed by atoms with Crippen molar-refractivity contribution in [2.24, 2.45) is 0 Å². The molecule has 2 aromatic carbocycles. The number of carbonyl (C=O) groups is 1. The number of hydrogen-bond donors (Lipinski definition) is 1. The van der Waals surface area contributed by atoms with Crippen LogP contribution in [0.15, 0.2) is 60.8 Å². The quantitative estimate of drug-likeness (QED) is 0.607. The van der Waals surface area contributed by atoms with Crippen LogP contribution in [0.3, 0.4) is 0 Å². The van der Waals surface area contributed by atoms with Crippen LogP contribution in [-0.2, 0) is 4.79 Å². The van der Waals surface area contributed by atoms with E-state index in [1.807, 2.05) is 42.6 Å². The van der Waals surface area contributed by atoms with Gasteiger partial charge in [0, 0.05) is 38.0 Å². The van der Waals surface area contributed by atoms with E-state index < -0.39 is 0 Å². The van der Waals surface area contributed by atoms with E-state index in [4.69, 9.17) is 4.74 Å². The molecule has 0 atom stereocenters. The number of nitrogens with zero attached hydrogens (tertiary/aromatic N) is 3.